The minimum Gasteiger partial charge on any atom is -0.493 e. The predicted octanol–water partition coefficient (Wildman–Crippen LogP) is 2.44. The molecule has 2 amide bonds. The van der Waals surface area contributed by atoms with Crippen LogP contribution in [0.5, 0.6) is 11.5 Å². The summed E-state index contributed by atoms with van der Waals surface area (Å²) in [7, 11) is 1.40. The van der Waals surface area contributed by atoms with Crippen LogP contribution in [0.1, 0.15) is 11.1 Å². The maximum absolute atomic E-state index is 12.3. The number of methoxy groups -OCH3 is 1. The van der Waals surface area contributed by atoms with Gasteiger partial charge in [-0.3, -0.25) is 9.59 Å². The number of nitrogens with zero attached hydrogens (tertiary/aromatic N) is 1. The molecule has 8 heteroatoms. The third kappa shape index (κ3) is 5.76. The van der Waals surface area contributed by atoms with E-state index in [1.165, 1.54) is 25.3 Å². The number of rotatable bonds is 8. The first-order chi connectivity index (χ1) is 13.4. The Labute approximate surface area is 167 Å². The zero-order valence-corrected chi connectivity index (χ0v) is 15.8. The van der Waals surface area contributed by atoms with Crippen molar-refractivity contribution in [1.82, 2.24) is 5.32 Å². The van der Waals surface area contributed by atoms with Crippen molar-refractivity contribution < 1.29 is 19.1 Å². The fourth-order valence-electron chi connectivity index (χ4n) is 2.30. The molecule has 0 saturated carbocycles. The van der Waals surface area contributed by atoms with E-state index in [0.717, 1.165) is 5.56 Å². The summed E-state index contributed by atoms with van der Waals surface area (Å²) in [4.78, 5) is 23.2. The SMILES string of the molecule is COc1cc(/C=C(\C#N)C(=O)NCc2ccccc2)cc(Cl)c1OCC(N)=O. The van der Waals surface area contributed by atoms with Gasteiger partial charge in [-0.05, 0) is 29.3 Å². The normalized spacial score (nSPS) is 10.7. The minimum absolute atomic E-state index is 0.0974. The van der Waals surface area contributed by atoms with Gasteiger partial charge in [-0.25, -0.2) is 0 Å². The number of nitrogens with one attached hydrogen (secondary N) is 1. The number of carbonyl (C=O) groups is 2. The van der Waals surface area contributed by atoms with Crippen LogP contribution < -0.4 is 20.5 Å². The molecular weight excluding hydrogens is 382 g/mol. The van der Waals surface area contributed by atoms with Crippen LogP contribution in [0.2, 0.25) is 5.02 Å². The van der Waals surface area contributed by atoms with Crippen molar-refractivity contribution in [3.8, 4) is 17.6 Å². The zero-order chi connectivity index (χ0) is 20.5. The molecule has 0 saturated heterocycles. The molecule has 0 atom stereocenters. The van der Waals surface area contributed by atoms with Crippen LogP contribution >= 0.6 is 11.6 Å². The maximum atomic E-state index is 12.3. The van der Waals surface area contributed by atoms with Crippen LogP contribution in [0.15, 0.2) is 48.0 Å². The van der Waals surface area contributed by atoms with Crippen molar-refractivity contribution in [3.05, 3.63) is 64.2 Å². The summed E-state index contributed by atoms with van der Waals surface area (Å²) in [6.07, 6.45) is 1.38. The van der Waals surface area contributed by atoms with Crippen molar-refractivity contribution in [2.45, 2.75) is 6.54 Å². The van der Waals surface area contributed by atoms with Crippen LogP contribution in [-0.2, 0) is 16.1 Å². The summed E-state index contributed by atoms with van der Waals surface area (Å²) in [6, 6.07) is 14.2. The number of benzene rings is 2. The molecule has 0 aliphatic rings. The predicted molar refractivity (Wildman–Crippen MR) is 105 cm³/mol. The lowest BCUT2D eigenvalue weighted by atomic mass is 10.1. The summed E-state index contributed by atoms with van der Waals surface area (Å²) >= 11 is 6.17. The van der Waals surface area contributed by atoms with E-state index >= 15 is 0 Å². The lowest BCUT2D eigenvalue weighted by molar-refractivity contribution is -0.120. The number of hydrogen-bond acceptors (Lipinski definition) is 5. The van der Waals surface area contributed by atoms with Gasteiger partial charge in [-0.1, -0.05) is 41.9 Å². The monoisotopic (exact) mass is 399 g/mol. The molecule has 2 aromatic rings. The quantitative estimate of drug-likeness (QED) is 0.522. The topological polar surface area (TPSA) is 114 Å². The van der Waals surface area contributed by atoms with Crippen LogP contribution in [0.4, 0.5) is 0 Å². The molecular formula is C20H18ClN3O4. The summed E-state index contributed by atoms with van der Waals surface area (Å²) in [5.41, 5.74) is 6.33. The first-order valence-corrected chi connectivity index (χ1v) is 8.55. The van der Waals surface area contributed by atoms with Crippen LogP contribution in [0, 0.1) is 11.3 Å². The Morgan fingerprint density at radius 2 is 2.00 bits per heavy atom. The highest BCUT2D eigenvalue weighted by Gasteiger charge is 2.14. The van der Waals surface area contributed by atoms with Crippen molar-refractivity contribution in [3.63, 3.8) is 0 Å². The van der Waals surface area contributed by atoms with Crippen LogP contribution in [0.25, 0.3) is 6.08 Å². The lowest BCUT2D eigenvalue weighted by Gasteiger charge is -2.12. The molecule has 3 N–H and O–H groups in total. The Morgan fingerprint density at radius 3 is 2.61 bits per heavy atom. The summed E-state index contributed by atoms with van der Waals surface area (Å²) in [6.45, 7) is -0.0702. The van der Waals surface area contributed by atoms with Gasteiger partial charge in [-0.2, -0.15) is 5.26 Å². The zero-order valence-electron chi connectivity index (χ0n) is 15.1. The largest absolute Gasteiger partial charge is 0.493 e. The molecule has 0 heterocycles. The molecule has 0 bridgehead atoms. The van der Waals surface area contributed by atoms with Gasteiger partial charge in [0, 0.05) is 6.54 Å². The maximum Gasteiger partial charge on any atom is 0.262 e. The molecule has 2 aromatic carbocycles. The number of amides is 2. The Balaban J connectivity index is 2.20. The molecule has 2 rings (SSSR count). The van der Waals surface area contributed by atoms with Gasteiger partial charge in [0.1, 0.15) is 11.6 Å². The van der Waals surface area contributed by atoms with Crippen LogP contribution in [-0.4, -0.2) is 25.5 Å². The number of carbonyl (C=O) groups excluding carboxylic acids is 2. The number of hydrogen-bond donors (Lipinski definition) is 2. The Hall–Kier alpha value is -3.50. The molecule has 0 spiro atoms. The highest BCUT2D eigenvalue weighted by molar-refractivity contribution is 6.32. The average molecular weight is 400 g/mol. The van der Waals surface area contributed by atoms with Gasteiger partial charge in [-0.15, -0.1) is 0 Å². The van der Waals surface area contributed by atoms with E-state index in [0.29, 0.717) is 12.1 Å². The van der Waals surface area contributed by atoms with Gasteiger partial charge in [0.25, 0.3) is 11.8 Å². The van der Waals surface area contributed by atoms with Crippen molar-refractivity contribution in [2.24, 2.45) is 5.73 Å². The number of primary amides is 1. The van der Waals surface area contributed by atoms with Gasteiger partial charge < -0.3 is 20.5 Å². The number of ether oxygens (including phenoxy) is 2. The fraction of sp³-hybridized carbons (Fsp3) is 0.150. The van der Waals surface area contributed by atoms with Gasteiger partial charge >= 0.3 is 0 Å². The Bertz CT molecular complexity index is 936. The smallest absolute Gasteiger partial charge is 0.262 e. The van der Waals surface area contributed by atoms with Gasteiger partial charge in [0.15, 0.2) is 18.1 Å². The third-order valence-electron chi connectivity index (χ3n) is 3.58. The fourth-order valence-corrected chi connectivity index (χ4v) is 2.57. The van der Waals surface area contributed by atoms with Crippen molar-refractivity contribution in [1.29, 1.82) is 5.26 Å². The molecule has 0 aliphatic carbocycles. The molecule has 28 heavy (non-hydrogen) atoms. The molecule has 144 valence electrons. The van der Waals surface area contributed by atoms with Crippen LogP contribution in [0.3, 0.4) is 0 Å². The van der Waals surface area contributed by atoms with E-state index < -0.39 is 11.8 Å². The van der Waals surface area contributed by atoms with Gasteiger partial charge in [0.05, 0.1) is 12.1 Å². The third-order valence-corrected chi connectivity index (χ3v) is 3.86. The van der Waals surface area contributed by atoms with E-state index in [2.05, 4.69) is 5.32 Å². The van der Waals surface area contributed by atoms with E-state index in [9.17, 15) is 14.9 Å². The standard InChI is InChI=1S/C20H18ClN3O4/c1-27-17-9-14(8-16(21)19(17)28-12-18(23)25)7-15(10-22)20(26)24-11-13-5-3-2-4-6-13/h2-9H,11-12H2,1H3,(H2,23,25)(H,24,26)/b15-7+. The second-order valence-corrected chi connectivity index (χ2v) is 6.03. The number of halogens is 1. The highest BCUT2D eigenvalue weighted by Crippen LogP contribution is 2.37. The second kappa shape index (κ2) is 10.00. The minimum atomic E-state index is -0.663. The van der Waals surface area contributed by atoms with Gasteiger partial charge in [0.2, 0.25) is 0 Å². The molecule has 0 aliphatic heterocycles. The Morgan fingerprint density at radius 1 is 1.29 bits per heavy atom. The lowest BCUT2D eigenvalue weighted by Crippen LogP contribution is -2.23. The van der Waals surface area contributed by atoms with E-state index in [4.69, 9.17) is 26.8 Å². The summed E-state index contributed by atoms with van der Waals surface area (Å²) < 4.78 is 10.5. The second-order valence-electron chi connectivity index (χ2n) is 5.63. The molecule has 0 radical (unpaired) electrons. The number of nitriles is 1. The van der Waals surface area contributed by atoms with E-state index in [-0.39, 0.29) is 28.7 Å². The Kier molecular flexibility index (Phi) is 7.43. The molecule has 0 fully saturated rings. The van der Waals surface area contributed by atoms with Crippen molar-refractivity contribution in [2.75, 3.05) is 13.7 Å². The van der Waals surface area contributed by atoms with E-state index in [1.54, 1.807) is 0 Å². The number of nitrogens with two attached hydrogens (primary N) is 1. The average Bonchev–Trinajstić information content (AvgIpc) is 2.69. The molecule has 0 aromatic heterocycles. The molecule has 0 unspecified atom stereocenters. The highest BCUT2D eigenvalue weighted by atomic mass is 35.5. The van der Waals surface area contributed by atoms with E-state index in [1.807, 2.05) is 36.4 Å². The summed E-state index contributed by atoms with van der Waals surface area (Å²) in [5.74, 6) is -0.798. The summed E-state index contributed by atoms with van der Waals surface area (Å²) in [5, 5.41) is 12.2. The first-order valence-electron chi connectivity index (χ1n) is 8.17. The first kappa shape index (κ1) is 20.8. The molecule has 7 nitrogen and oxygen atoms in total. The van der Waals surface area contributed by atoms with Crippen molar-refractivity contribution >= 4 is 29.5 Å².